The lowest BCUT2D eigenvalue weighted by Crippen LogP contribution is -2.30. The fourth-order valence-corrected chi connectivity index (χ4v) is 3.81. The van der Waals surface area contributed by atoms with Crippen molar-refractivity contribution in [2.75, 3.05) is 25.1 Å². The van der Waals surface area contributed by atoms with Crippen LogP contribution in [0.15, 0.2) is 42.5 Å². The summed E-state index contributed by atoms with van der Waals surface area (Å²) in [6, 6.07) is 13.0. The molecule has 0 spiro atoms. The molecule has 2 amide bonds. The van der Waals surface area contributed by atoms with Crippen molar-refractivity contribution in [2.45, 2.75) is 32.2 Å². The SMILES string of the molecule is CC(=O)Nc1ccc(C(=O)N2CCC[C@@H]2c2ccc3c(c2)OCCCO3)cc1. The van der Waals surface area contributed by atoms with E-state index in [-0.39, 0.29) is 17.9 Å². The van der Waals surface area contributed by atoms with Crippen LogP contribution in [0.3, 0.4) is 0 Å². The van der Waals surface area contributed by atoms with Crippen LogP contribution in [0.2, 0.25) is 0 Å². The third-order valence-corrected chi connectivity index (χ3v) is 5.12. The van der Waals surface area contributed by atoms with Crippen LogP contribution in [-0.4, -0.2) is 36.5 Å². The molecule has 6 nitrogen and oxygen atoms in total. The maximum atomic E-state index is 13.1. The number of hydrogen-bond acceptors (Lipinski definition) is 4. The number of likely N-dealkylation sites (tertiary alicyclic amines) is 1. The molecule has 0 aromatic heterocycles. The van der Waals surface area contributed by atoms with Gasteiger partial charge in [-0.25, -0.2) is 0 Å². The van der Waals surface area contributed by atoms with Crippen molar-refractivity contribution < 1.29 is 19.1 Å². The molecule has 6 heteroatoms. The number of carbonyl (C=O) groups excluding carboxylic acids is 2. The molecule has 0 radical (unpaired) electrons. The van der Waals surface area contributed by atoms with Gasteiger partial charge in [0.15, 0.2) is 11.5 Å². The van der Waals surface area contributed by atoms with Crippen LogP contribution in [0.1, 0.15) is 48.1 Å². The van der Waals surface area contributed by atoms with Gasteiger partial charge in [-0.1, -0.05) is 6.07 Å². The molecule has 0 bridgehead atoms. The van der Waals surface area contributed by atoms with E-state index in [9.17, 15) is 9.59 Å². The molecule has 1 fully saturated rings. The van der Waals surface area contributed by atoms with Gasteiger partial charge in [0.1, 0.15) is 0 Å². The van der Waals surface area contributed by atoms with E-state index in [0.29, 0.717) is 24.5 Å². The monoisotopic (exact) mass is 380 g/mol. The Morgan fingerprint density at radius 1 is 1.00 bits per heavy atom. The number of carbonyl (C=O) groups is 2. The maximum absolute atomic E-state index is 13.1. The van der Waals surface area contributed by atoms with Gasteiger partial charge >= 0.3 is 0 Å². The van der Waals surface area contributed by atoms with E-state index in [1.165, 1.54) is 6.92 Å². The van der Waals surface area contributed by atoms with Crippen molar-refractivity contribution >= 4 is 17.5 Å². The molecule has 2 heterocycles. The normalized spacial score (nSPS) is 18.5. The minimum Gasteiger partial charge on any atom is -0.490 e. The lowest BCUT2D eigenvalue weighted by molar-refractivity contribution is -0.114. The molecule has 2 aromatic rings. The molecule has 1 saturated heterocycles. The summed E-state index contributed by atoms with van der Waals surface area (Å²) in [6.07, 6.45) is 2.76. The minimum absolute atomic E-state index is 0.00369. The fraction of sp³-hybridized carbons (Fsp3) is 0.364. The number of fused-ring (bicyclic) bond motifs is 1. The van der Waals surface area contributed by atoms with Crippen molar-refractivity contribution in [1.29, 1.82) is 0 Å². The molecule has 2 aromatic carbocycles. The number of benzene rings is 2. The largest absolute Gasteiger partial charge is 0.490 e. The third-order valence-electron chi connectivity index (χ3n) is 5.12. The van der Waals surface area contributed by atoms with Gasteiger partial charge in [-0.05, 0) is 54.8 Å². The van der Waals surface area contributed by atoms with Crippen LogP contribution in [-0.2, 0) is 4.79 Å². The molecular formula is C22H24N2O4. The van der Waals surface area contributed by atoms with E-state index in [1.54, 1.807) is 24.3 Å². The second kappa shape index (κ2) is 7.92. The van der Waals surface area contributed by atoms with Crippen LogP contribution in [0.4, 0.5) is 5.69 Å². The van der Waals surface area contributed by atoms with Crippen LogP contribution in [0, 0.1) is 0 Å². The average molecular weight is 380 g/mol. The first-order chi connectivity index (χ1) is 13.6. The van der Waals surface area contributed by atoms with Crippen molar-refractivity contribution in [2.24, 2.45) is 0 Å². The molecule has 0 unspecified atom stereocenters. The van der Waals surface area contributed by atoms with Gasteiger partial charge in [-0.3, -0.25) is 9.59 Å². The van der Waals surface area contributed by atoms with Crippen molar-refractivity contribution in [3.8, 4) is 11.5 Å². The zero-order valence-corrected chi connectivity index (χ0v) is 15.9. The van der Waals surface area contributed by atoms with Crippen LogP contribution in [0.5, 0.6) is 11.5 Å². The Kier molecular flexibility index (Phi) is 5.19. The molecule has 0 saturated carbocycles. The predicted octanol–water partition coefficient (Wildman–Crippen LogP) is 3.78. The Morgan fingerprint density at radius 2 is 1.75 bits per heavy atom. The minimum atomic E-state index is -0.131. The van der Waals surface area contributed by atoms with Crippen molar-refractivity contribution in [1.82, 2.24) is 4.90 Å². The zero-order chi connectivity index (χ0) is 19.5. The topological polar surface area (TPSA) is 67.9 Å². The van der Waals surface area contributed by atoms with Gasteiger partial charge in [0.05, 0.1) is 19.3 Å². The van der Waals surface area contributed by atoms with Crippen LogP contribution < -0.4 is 14.8 Å². The lowest BCUT2D eigenvalue weighted by Gasteiger charge is -2.26. The Morgan fingerprint density at radius 3 is 2.50 bits per heavy atom. The van der Waals surface area contributed by atoms with E-state index in [0.717, 1.165) is 42.9 Å². The average Bonchev–Trinajstić information content (AvgIpc) is 3.06. The van der Waals surface area contributed by atoms with Gasteiger partial charge in [-0.2, -0.15) is 0 Å². The van der Waals surface area contributed by atoms with Crippen molar-refractivity contribution in [3.05, 3.63) is 53.6 Å². The predicted molar refractivity (Wildman–Crippen MR) is 106 cm³/mol. The standard InChI is InChI=1S/C22H24N2O4/c1-15(25)23-18-8-5-16(6-9-18)22(26)24-11-2-4-19(24)17-7-10-20-21(14-17)28-13-3-12-27-20/h5-10,14,19H,2-4,11-13H2,1H3,(H,23,25)/t19-/m1/s1. The van der Waals surface area contributed by atoms with E-state index < -0.39 is 0 Å². The van der Waals surface area contributed by atoms with Gasteiger partial charge in [0.25, 0.3) is 5.91 Å². The maximum Gasteiger partial charge on any atom is 0.254 e. The number of nitrogens with zero attached hydrogens (tertiary/aromatic N) is 1. The van der Waals surface area contributed by atoms with E-state index in [4.69, 9.17) is 9.47 Å². The second-order valence-electron chi connectivity index (χ2n) is 7.17. The van der Waals surface area contributed by atoms with Gasteiger partial charge in [0, 0.05) is 31.1 Å². The molecule has 4 rings (SSSR count). The number of ether oxygens (including phenoxy) is 2. The number of nitrogens with one attached hydrogen (secondary N) is 1. The summed E-state index contributed by atoms with van der Waals surface area (Å²) in [4.78, 5) is 26.2. The van der Waals surface area contributed by atoms with E-state index in [2.05, 4.69) is 5.32 Å². The number of amides is 2. The zero-order valence-electron chi connectivity index (χ0n) is 15.9. The summed E-state index contributed by atoms with van der Waals surface area (Å²) in [5.41, 5.74) is 2.38. The summed E-state index contributed by atoms with van der Waals surface area (Å²) in [5, 5.41) is 2.72. The van der Waals surface area contributed by atoms with Crippen LogP contribution in [0.25, 0.3) is 0 Å². The first-order valence-corrected chi connectivity index (χ1v) is 9.70. The van der Waals surface area contributed by atoms with Gasteiger partial charge in [0.2, 0.25) is 5.91 Å². The smallest absolute Gasteiger partial charge is 0.254 e. The summed E-state index contributed by atoms with van der Waals surface area (Å²) in [6.45, 7) is 3.49. The Bertz CT molecular complexity index is 879. The molecular weight excluding hydrogens is 356 g/mol. The number of anilines is 1. The number of rotatable bonds is 3. The highest BCUT2D eigenvalue weighted by Gasteiger charge is 2.31. The first kappa shape index (κ1) is 18.3. The third kappa shape index (κ3) is 3.81. The Hall–Kier alpha value is -3.02. The van der Waals surface area contributed by atoms with Gasteiger partial charge < -0.3 is 19.7 Å². The second-order valence-corrected chi connectivity index (χ2v) is 7.17. The highest BCUT2D eigenvalue weighted by molar-refractivity contribution is 5.96. The molecule has 1 N–H and O–H groups in total. The van der Waals surface area contributed by atoms with E-state index >= 15 is 0 Å². The van der Waals surface area contributed by atoms with Crippen molar-refractivity contribution in [3.63, 3.8) is 0 Å². The summed E-state index contributed by atoms with van der Waals surface area (Å²) < 4.78 is 11.5. The summed E-state index contributed by atoms with van der Waals surface area (Å²) >= 11 is 0. The van der Waals surface area contributed by atoms with E-state index in [1.807, 2.05) is 23.1 Å². The molecule has 146 valence electrons. The number of hydrogen-bond donors (Lipinski definition) is 1. The Balaban J connectivity index is 1.54. The van der Waals surface area contributed by atoms with Gasteiger partial charge in [-0.15, -0.1) is 0 Å². The first-order valence-electron chi connectivity index (χ1n) is 9.70. The molecule has 1 atom stereocenters. The summed E-state index contributed by atoms with van der Waals surface area (Å²) in [5.74, 6) is 1.40. The highest BCUT2D eigenvalue weighted by atomic mass is 16.5. The molecule has 2 aliphatic rings. The fourth-order valence-electron chi connectivity index (χ4n) is 3.81. The highest BCUT2D eigenvalue weighted by Crippen LogP contribution is 2.38. The molecule has 28 heavy (non-hydrogen) atoms. The van der Waals surface area contributed by atoms with Crippen LogP contribution >= 0.6 is 0 Å². The molecule has 0 aliphatic carbocycles. The lowest BCUT2D eigenvalue weighted by atomic mass is 10.0. The summed E-state index contributed by atoms with van der Waals surface area (Å²) in [7, 11) is 0. The quantitative estimate of drug-likeness (QED) is 0.880. The molecule has 2 aliphatic heterocycles. The Labute approximate surface area is 164 Å².